The molecule has 2 aromatic rings. The van der Waals surface area contributed by atoms with E-state index >= 15 is 0 Å². The number of aromatic nitrogens is 2. The molecular formula is C21H27FN2O. The molecule has 0 aliphatic heterocycles. The fraction of sp³-hybridized carbons (Fsp3) is 0.524. The van der Waals surface area contributed by atoms with Crippen molar-refractivity contribution in [1.29, 1.82) is 0 Å². The van der Waals surface area contributed by atoms with Crippen molar-refractivity contribution in [2.45, 2.75) is 51.9 Å². The number of halogens is 1. The number of hydrogen-bond acceptors (Lipinski definition) is 3. The average molecular weight is 342 g/mol. The Morgan fingerprint density at radius 3 is 2.40 bits per heavy atom. The molecule has 4 heteroatoms. The maximum atomic E-state index is 14.5. The van der Waals surface area contributed by atoms with E-state index in [1.54, 1.807) is 18.2 Å². The minimum Gasteiger partial charge on any atom is -0.480 e. The summed E-state index contributed by atoms with van der Waals surface area (Å²) in [6.45, 7) is 2.29. The van der Waals surface area contributed by atoms with E-state index in [2.05, 4.69) is 17.1 Å². The molecule has 3 rings (SSSR count). The normalized spacial score (nSPS) is 20.4. The smallest absolute Gasteiger partial charge is 0.233 e. The van der Waals surface area contributed by atoms with Gasteiger partial charge in [0.25, 0.3) is 0 Å². The van der Waals surface area contributed by atoms with Gasteiger partial charge in [-0.1, -0.05) is 45.1 Å². The van der Waals surface area contributed by atoms with E-state index in [1.807, 2.05) is 12.1 Å². The zero-order chi connectivity index (χ0) is 17.6. The number of benzene rings is 1. The summed E-state index contributed by atoms with van der Waals surface area (Å²) >= 11 is 0. The summed E-state index contributed by atoms with van der Waals surface area (Å²) in [5, 5.41) is 7.94. The van der Waals surface area contributed by atoms with Crippen LogP contribution in [0, 0.1) is 17.7 Å². The van der Waals surface area contributed by atoms with Gasteiger partial charge in [-0.3, -0.25) is 0 Å². The van der Waals surface area contributed by atoms with Crippen molar-refractivity contribution in [3.63, 3.8) is 0 Å². The van der Waals surface area contributed by atoms with Gasteiger partial charge < -0.3 is 4.74 Å². The summed E-state index contributed by atoms with van der Waals surface area (Å²) in [5.74, 6) is 1.93. The Balaban J connectivity index is 1.60. The van der Waals surface area contributed by atoms with Crippen molar-refractivity contribution in [1.82, 2.24) is 10.2 Å². The molecule has 0 unspecified atom stereocenters. The minimum absolute atomic E-state index is 0.230. The third-order valence-corrected chi connectivity index (χ3v) is 5.54. The van der Waals surface area contributed by atoms with E-state index in [4.69, 9.17) is 4.74 Å². The second-order valence-corrected chi connectivity index (χ2v) is 7.11. The molecule has 134 valence electrons. The van der Waals surface area contributed by atoms with Crippen molar-refractivity contribution in [2.24, 2.45) is 11.8 Å². The van der Waals surface area contributed by atoms with Crippen LogP contribution in [-0.4, -0.2) is 17.3 Å². The number of hydrogen-bond donors (Lipinski definition) is 0. The highest BCUT2D eigenvalue weighted by atomic mass is 19.1. The number of aryl methyl sites for hydroxylation is 1. The molecule has 1 aliphatic rings. The quantitative estimate of drug-likeness (QED) is 0.701. The zero-order valence-electron chi connectivity index (χ0n) is 15.2. The van der Waals surface area contributed by atoms with E-state index in [0.29, 0.717) is 17.1 Å². The highest BCUT2D eigenvalue weighted by Crippen LogP contribution is 2.33. The molecule has 1 saturated carbocycles. The van der Waals surface area contributed by atoms with Gasteiger partial charge in [0.2, 0.25) is 5.88 Å². The molecule has 0 saturated heterocycles. The van der Waals surface area contributed by atoms with Gasteiger partial charge >= 0.3 is 0 Å². The molecule has 1 aromatic carbocycles. The van der Waals surface area contributed by atoms with Gasteiger partial charge in [0.15, 0.2) is 0 Å². The summed E-state index contributed by atoms with van der Waals surface area (Å²) in [5.41, 5.74) is 2.09. The molecule has 1 heterocycles. The fourth-order valence-electron chi connectivity index (χ4n) is 3.79. The summed E-state index contributed by atoms with van der Waals surface area (Å²) < 4.78 is 19.5. The molecule has 3 nitrogen and oxygen atoms in total. The van der Waals surface area contributed by atoms with Crippen molar-refractivity contribution in [2.75, 3.05) is 7.11 Å². The number of nitrogens with zero attached hydrogens (tertiary/aromatic N) is 2. The largest absolute Gasteiger partial charge is 0.480 e. The summed E-state index contributed by atoms with van der Waals surface area (Å²) in [4.78, 5) is 0. The van der Waals surface area contributed by atoms with Crippen LogP contribution in [0.25, 0.3) is 11.3 Å². The standard InChI is InChI=1S/C21H27FN2O/c1-3-15-4-6-16(7-5-15)8-9-17-10-11-18(19(22)14-17)20-12-13-21(25-2)24-23-20/h10-16H,3-9H2,1-2H3. The van der Waals surface area contributed by atoms with E-state index < -0.39 is 0 Å². The lowest BCUT2D eigenvalue weighted by molar-refractivity contribution is 0.259. The molecule has 1 aliphatic carbocycles. The highest BCUT2D eigenvalue weighted by Gasteiger charge is 2.19. The van der Waals surface area contributed by atoms with Crippen LogP contribution in [0.2, 0.25) is 0 Å². The number of ether oxygens (including phenoxy) is 1. The van der Waals surface area contributed by atoms with Crippen molar-refractivity contribution < 1.29 is 9.13 Å². The van der Waals surface area contributed by atoms with Crippen LogP contribution < -0.4 is 4.74 Å². The fourth-order valence-corrected chi connectivity index (χ4v) is 3.79. The summed E-state index contributed by atoms with van der Waals surface area (Å²) in [7, 11) is 1.54. The third kappa shape index (κ3) is 4.56. The topological polar surface area (TPSA) is 35.0 Å². The SMILES string of the molecule is CCC1CCC(CCc2ccc(-c3ccc(OC)nn3)c(F)c2)CC1. The van der Waals surface area contributed by atoms with E-state index in [0.717, 1.165) is 30.2 Å². The van der Waals surface area contributed by atoms with Crippen LogP contribution in [0.4, 0.5) is 4.39 Å². The van der Waals surface area contributed by atoms with Crippen molar-refractivity contribution in [3.05, 3.63) is 41.7 Å². The summed E-state index contributed by atoms with van der Waals surface area (Å²) in [6.07, 6.45) is 8.83. The van der Waals surface area contributed by atoms with Crippen LogP contribution in [0.5, 0.6) is 5.88 Å². The van der Waals surface area contributed by atoms with Gasteiger partial charge in [0.1, 0.15) is 5.82 Å². The first-order valence-electron chi connectivity index (χ1n) is 9.36. The van der Waals surface area contributed by atoms with E-state index in [9.17, 15) is 4.39 Å². The Morgan fingerprint density at radius 1 is 1.04 bits per heavy atom. The molecule has 1 aromatic heterocycles. The van der Waals surface area contributed by atoms with E-state index in [-0.39, 0.29) is 5.82 Å². The zero-order valence-corrected chi connectivity index (χ0v) is 15.2. The van der Waals surface area contributed by atoms with Crippen LogP contribution in [0.1, 0.15) is 51.0 Å². The van der Waals surface area contributed by atoms with Crippen LogP contribution in [0.15, 0.2) is 30.3 Å². The Labute approximate surface area is 149 Å². The Bertz CT molecular complexity index is 679. The second-order valence-electron chi connectivity index (χ2n) is 7.11. The predicted octanol–water partition coefficient (Wildman–Crippen LogP) is 5.44. The molecule has 0 atom stereocenters. The minimum atomic E-state index is -0.230. The Hall–Kier alpha value is -1.97. The molecule has 1 fully saturated rings. The first-order valence-corrected chi connectivity index (χ1v) is 9.36. The average Bonchev–Trinajstić information content (AvgIpc) is 2.67. The van der Waals surface area contributed by atoms with Crippen LogP contribution in [0.3, 0.4) is 0 Å². The number of rotatable bonds is 6. The highest BCUT2D eigenvalue weighted by molar-refractivity contribution is 5.60. The van der Waals surface area contributed by atoms with Gasteiger partial charge in [-0.25, -0.2) is 4.39 Å². The monoisotopic (exact) mass is 342 g/mol. The first kappa shape index (κ1) is 17.8. The van der Waals surface area contributed by atoms with Gasteiger partial charge in [0.05, 0.1) is 12.8 Å². The van der Waals surface area contributed by atoms with Crippen LogP contribution >= 0.6 is 0 Å². The van der Waals surface area contributed by atoms with E-state index in [1.165, 1.54) is 39.2 Å². The molecule has 0 amide bonds. The lowest BCUT2D eigenvalue weighted by Crippen LogP contribution is -2.14. The third-order valence-electron chi connectivity index (χ3n) is 5.54. The molecule has 25 heavy (non-hydrogen) atoms. The molecule has 0 radical (unpaired) electrons. The van der Waals surface area contributed by atoms with Gasteiger partial charge in [0, 0.05) is 11.6 Å². The van der Waals surface area contributed by atoms with Gasteiger partial charge in [-0.15, -0.1) is 10.2 Å². The number of methoxy groups -OCH3 is 1. The lowest BCUT2D eigenvalue weighted by Gasteiger charge is -2.27. The van der Waals surface area contributed by atoms with Crippen molar-refractivity contribution in [3.8, 4) is 17.1 Å². The van der Waals surface area contributed by atoms with Crippen LogP contribution in [-0.2, 0) is 6.42 Å². The molecule has 0 spiro atoms. The molecular weight excluding hydrogens is 315 g/mol. The first-order chi connectivity index (χ1) is 12.2. The maximum Gasteiger partial charge on any atom is 0.233 e. The lowest BCUT2D eigenvalue weighted by atomic mass is 9.78. The molecule has 0 bridgehead atoms. The van der Waals surface area contributed by atoms with Gasteiger partial charge in [-0.05, 0) is 48.4 Å². The Morgan fingerprint density at radius 2 is 1.80 bits per heavy atom. The van der Waals surface area contributed by atoms with Gasteiger partial charge in [-0.2, -0.15) is 0 Å². The maximum absolute atomic E-state index is 14.5. The second kappa shape index (κ2) is 8.41. The summed E-state index contributed by atoms with van der Waals surface area (Å²) in [6, 6.07) is 8.91. The molecule has 0 N–H and O–H groups in total. The predicted molar refractivity (Wildman–Crippen MR) is 98.0 cm³/mol. The van der Waals surface area contributed by atoms with Crippen molar-refractivity contribution >= 4 is 0 Å². The Kier molecular flexibility index (Phi) is 6.00.